The molecule has 0 fully saturated rings. The van der Waals surface area contributed by atoms with E-state index in [9.17, 15) is 4.79 Å². The molecule has 7 heteroatoms. The highest BCUT2D eigenvalue weighted by atomic mass is 16.5. The van der Waals surface area contributed by atoms with Crippen LogP contribution >= 0.6 is 0 Å². The lowest BCUT2D eigenvalue weighted by atomic mass is 10.1. The molecule has 0 atom stereocenters. The number of rotatable bonds is 11. The summed E-state index contributed by atoms with van der Waals surface area (Å²) in [4.78, 5) is 13.0. The largest absolute Gasteiger partial charge is 0.493 e. The monoisotopic (exact) mass is 437 g/mol. The Hall–Kier alpha value is -3.32. The molecule has 0 bridgehead atoms. The van der Waals surface area contributed by atoms with Crippen molar-refractivity contribution in [2.45, 2.75) is 20.3 Å². The number of nitrogens with one attached hydrogen (secondary N) is 1. The van der Waals surface area contributed by atoms with E-state index in [-0.39, 0.29) is 5.91 Å². The lowest BCUT2D eigenvalue weighted by Gasteiger charge is -2.10. The number of nitrogens with zero attached hydrogens (tertiary/aromatic N) is 2. The van der Waals surface area contributed by atoms with Gasteiger partial charge in [-0.3, -0.25) is 4.79 Å². The molecule has 1 aromatic heterocycles. The van der Waals surface area contributed by atoms with Crippen LogP contribution in [0.3, 0.4) is 0 Å². The van der Waals surface area contributed by atoms with Crippen molar-refractivity contribution in [1.29, 1.82) is 0 Å². The summed E-state index contributed by atoms with van der Waals surface area (Å²) in [6.45, 7) is 6.07. The van der Waals surface area contributed by atoms with Gasteiger partial charge in [0.2, 0.25) is 0 Å². The zero-order valence-electron chi connectivity index (χ0n) is 19.1. The van der Waals surface area contributed by atoms with Crippen LogP contribution in [0.1, 0.15) is 30.8 Å². The molecule has 0 saturated heterocycles. The zero-order chi connectivity index (χ0) is 22.9. The second-order valence-corrected chi connectivity index (χ2v) is 7.82. The Morgan fingerprint density at radius 2 is 1.81 bits per heavy atom. The van der Waals surface area contributed by atoms with Crippen molar-refractivity contribution in [3.8, 4) is 28.3 Å². The zero-order valence-corrected chi connectivity index (χ0v) is 19.1. The van der Waals surface area contributed by atoms with Gasteiger partial charge in [0.25, 0.3) is 5.91 Å². The maximum Gasteiger partial charge on any atom is 0.272 e. The highest BCUT2D eigenvalue weighted by molar-refractivity contribution is 5.99. The number of hydrogen-bond acceptors (Lipinski definition) is 5. The smallest absolute Gasteiger partial charge is 0.272 e. The Labute approximate surface area is 189 Å². The minimum Gasteiger partial charge on any atom is -0.493 e. The van der Waals surface area contributed by atoms with Crippen molar-refractivity contribution >= 4 is 5.91 Å². The third-order valence-electron chi connectivity index (χ3n) is 4.85. The number of methoxy groups -OCH3 is 2. The number of hydrogen-bond donors (Lipinski definition) is 1. The average molecular weight is 438 g/mol. The van der Waals surface area contributed by atoms with Crippen LogP contribution in [0.2, 0.25) is 0 Å². The van der Waals surface area contributed by atoms with Gasteiger partial charge >= 0.3 is 0 Å². The first-order chi connectivity index (χ1) is 15.5. The van der Waals surface area contributed by atoms with Crippen molar-refractivity contribution in [3.63, 3.8) is 0 Å². The van der Waals surface area contributed by atoms with Crippen molar-refractivity contribution in [3.05, 3.63) is 60.4 Å². The quantitative estimate of drug-likeness (QED) is 0.452. The Balaban J connectivity index is 1.84. The van der Waals surface area contributed by atoms with Crippen molar-refractivity contribution in [2.24, 2.45) is 5.92 Å². The number of benzene rings is 2. The SMILES string of the molecule is COc1ccc(-c2cn(-c3ccccc3)nc2C(=O)NCCCOCC(C)C)cc1OC. The molecule has 1 N–H and O–H groups in total. The van der Waals surface area contributed by atoms with E-state index in [1.54, 1.807) is 18.9 Å². The predicted octanol–water partition coefficient (Wildman–Crippen LogP) is 4.35. The number of carbonyl (C=O) groups is 1. The fourth-order valence-corrected chi connectivity index (χ4v) is 3.25. The van der Waals surface area contributed by atoms with Crippen LogP contribution in [0.5, 0.6) is 11.5 Å². The summed E-state index contributed by atoms with van der Waals surface area (Å²) in [6.07, 6.45) is 2.60. The summed E-state index contributed by atoms with van der Waals surface area (Å²) in [7, 11) is 3.18. The van der Waals surface area contributed by atoms with Gasteiger partial charge < -0.3 is 19.5 Å². The molecule has 1 heterocycles. The van der Waals surface area contributed by atoms with Gasteiger partial charge in [0, 0.05) is 31.5 Å². The molecule has 3 rings (SSSR count). The summed E-state index contributed by atoms with van der Waals surface area (Å²) in [5.74, 6) is 1.48. The molecule has 0 radical (unpaired) electrons. The first-order valence-electron chi connectivity index (χ1n) is 10.8. The first-order valence-corrected chi connectivity index (χ1v) is 10.8. The Morgan fingerprint density at radius 3 is 2.50 bits per heavy atom. The third-order valence-corrected chi connectivity index (χ3v) is 4.85. The molecule has 0 aliphatic carbocycles. The van der Waals surface area contributed by atoms with Gasteiger partial charge in [-0.2, -0.15) is 5.10 Å². The van der Waals surface area contributed by atoms with Crippen LogP contribution < -0.4 is 14.8 Å². The average Bonchev–Trinajstić information content (AvgIpc) is 3.26. The van der Waals surface area contributed by atoms with Crippen molar-refractivity contribution < 1.29 is 19.0 Å². The molecule has 32 heavy (non-hydrogen) atoms. The number of aromatic nitrogens is 2. The maximum absolute atomic E-state index is 13.0. The molecule has 1 amide bonds. The summed E-state index contributed by atoms with van der Waals surface area (Å²) in [5.41, 5.74) is 2.75. The number of para-hydroxylation sites is 1. The highest BCUT2D eigenvalue weighted by Crippen LogP contribution is 2.34. The van der Waals surface area contributed by atoms with Crippen LogP contribution in [0, 0.1) is 5.92 Å². The standard InChI is InChI=1S/C25H31N3O4/c1-18(2)17-32-14-8-13-26-25(29)24-21(16-28(27-24)20-9-6-5-7-10-20)19-11-12-22(30-3)23(15-19)31-4/h5-7,9-12,15-16,18H,8,13-14,17H2,1-4H3,(H,26,29). The summed E-state index contributed by atoms with van der Waals surface area (Å²) < 4.78 is 18.1. The van der Waals surface area contributed by atoms with Gasteiger partial charge in [-0.1, -0.05) is 38.1 Å². The number of amides is 1. The van der Waals surface area contributed by atoms with Gasteiger partial charge in [0.05, 0.1) is 19.9 Å². The molecular weight excluding hydrogens is 406 g/mol. The molecule has 0 unspecified atom stereocenters. The second-order valence-electron chi connectivity index (χ2n) is 7.82. The molecule has 170 valence electrons. The molecule has 0 saturated carbocycles. The van der Waals surface area contributed by atoms with Gasteiger partial charge in [0.15, 0.2) is 17.2 Å². The molecule has 0 spiro atoms. The van der Waals surface area contributed by atoms with E-state index in [0.717, 1.165) is 24.3 Å². The van der Waals surface area contributed by atoms with Crippen LogP contribution in [-0.4, -0.2) is 49.7 Å². The second kappa shape index (κ2) is 11.3. The van der Waals surface area contributed by atoms with Gasteiger partial charge in [-0.05, 0) is 42.2 Å². The number of ether oxygens (including phenoxy) is 3. The van der Waals surface area contributed by atoms with E-state index in [1.165, 1.54) is 0 Å². The Bertz CT molecular complexity index is 1020. The predicted molar refractivity (Wildman–Crippen MR) is 125 cm³/mol. The van der Waals surface area contributed by atoms with Crippen molar-refractivity contribution in [1.82, 2.24) is 15.1 Å². The fourth-order valence-electron chi connectivity index (χ4n) is 3.25. The van der Waals surface area contributed by atoms with Crippen LogP contribution in [0.4, 0.5) is 0 Å². The van der Waals surface area contributed by atoms with Crippen molar-refractivity contribution in [2.75, 3.05) is 34.0 Å². The van der Waals surface area contributed by atoms with Crippen LogP contribution in [-0.2, 0) is 4.74 Å². The molecular formula is C25H31N3O4. The summed E-state index contributed by atoms with van der Waals surface area (Å²) in [6, 6.07) is 15.3. The van der Waals surface area contributed by atoms with E-state index in [4.69, 9.17) is 14.2 Å². The highest BCUT2D eigenvalue weighted by Gasteiger charge is 2.20. The molecule has 3 aromatic rings. The fraction of sp³-hybridized carbons (Fsp3) is 0.360. The minimum absolute atomic E-state index is 0.228. The topological polar surface area (TPSA) is 74.6 Å². The van der Waals surface area contributed by atoms with E-state index in [1.807, 2.05) is 54.7 Å². The lowest BCUT2D eigenvalue weighted by molar-refractivity contribution is 0.0921. The molecule has 7 nitrogen and oxygen atoms in total. The Kier molecular flexibility index (Phi) is 8.27. The van der Waals surface area contributed by atoms with E-state index in [2.05, 4.69) is 24.3 Å². The normalized spacial score (nSPS) is 10.9. The van der Waals surface area contributed by atoms with E-state index < -0.39 is 0 Å². The maximum atomic E-state index is 13.0. The third kappa shape index (κ3) is 5.88. The van der Waals surface area contributed by atoms with E-state index in [0.29, 0.717) is 41.8 Å². The van der Waals surface area contributed by atoms with Gasteiger partial charge in [0.1, 0.15) is 0 Å². The lowest BCUT2D eigenvalue weighted by Crippen LogP contribution is -2.26. The summed E-state index contributed by atoms with van der Waals surface area (Å²) in [5, 5.41) is 7.56. The Morgan fingerprint density at radius 1 is 1.06 bits per heavy atom. The number of carbonyl (C=O) groups excluding carboxylic acids is 1. The van der Waals surface area contributed by atoms with Crippen LogP contribution in [0.15, 0.2) is 54.7 Å². The molecule has 2 aromatic carbocycles. The molecule has 0 aliphatic rings. The molecule has 0 aliphatic heterocycles. The first kappa shape index (κ1) is 23.3. The van der Waals surface area contributed by atoms with Gasteiger partial charge in [-0.25, -0.2) is 4.68 Å². The minimum atomic E-state index is -0.228. The van der Waals surface area contributed by atoms with Gasteiger partial charge in [-0.15, -0.1) is 0 Å². The van der Waals surface area contributed by atoms with Crippen LogP contribution in [0.25, 0.3) is 16.8 Å². The van der Waals surface area contributed by atoms with E-state index >= 15 is 0 Å². The summed E-state index contributed by atoms with van der Waals surface area (Å²) >= 11 is 0.